The topological polar surface area (TPSA) is 113 Å². The molecule has 7 nitrogen and oxygen atoms in total. The number of carbonyl (C=O) groups is 1. The van der Waals surface area contributed by atoms with Crippen molar-refractivity contribution in [3.05, 3.63) is 12.7 Å². The van der Waals surface area contributed by atoms with E-state index in [0.717, 1.165) is 6.08 Å². The van der Waals surface area contributed by atoms with Gasteiger partial charge in [0.25, 0.3) is 0 Å². The van der Waals surface area contributed by atoms with Gasteiger partial charge in [-0.2, -0.15) is 0 Å². The van der Waals surface area contributed by atoms with E-state index in [2.05, 4.69) is 16.1 Å². The number of ether oxygens (including phenoxy) is 2. The molecule has 0 radical (unpaired) electrons. The first kappa shape index (κ1) is 15.7. The molecule has 3 N–H and O–H groups in total. The first-order valence-corrected chi connectivity index (χ1v) is 4.94. The van der Waals surface area contributed by atoms with Gasteiger partial charge in [0.05, 0.1) is 6.61 Å². The van der Waals surface area contributed by atoms with Crippen LogP contribution in [0.5, 0.6) is 0 Å². The van der Waals surface area contributed by atoms with Gasteiger partial charge in [-0.15, -0.1) is 0 Å². The number of hydrogen-bond donors (Lipinski definition) is 3. The SMILES string of the molecule is C=CC(=O)OCCOC.O=P(O)(O)O. The highest BCUT2D eigenvalue weighted by Crippen LogP contribution is 2.25. The van der Waals surface area contributed by atoms with Crippen LogP contribution in [0.3, 0.4) is 0 Å². The van der Waals surface area contributed by atoms with Gasteiger partial charge in [-0.3, -0.25) is 0 Å². The Labute approximate surface area is 81.2 Å². The highest BCUT2D eigenvalue weighted by molar-refractivity contribution is 7.45. The maximum absolute atomic E-state index is 10.3. The Kier molecular flexibility index (Phi) is 9.96. The predicted octanol–water partition coefficient (Wildman–Crippen LogP) is -0.567. The molecule has 8 heteroatoms. The van der Waals surface area contributed by atoms with Crippen LogP contribution in [0.25, 0.3) is 0 Å². The van der Waals surface area contributed by atoms with E-state index in [1.807, 2.05) is 0 Å². The van der Waals surface area contributed by atoms with E-state index in [9.17, 15) is 4.79 Å². The third-order valence-corrected chi connectivity index (χ3v) is 0.698. The van der Waals surface area contributed by atoms with Crippen LogP contribution in [0.2, 0.25) is 0 Å². The van der Waals surface area contributed by atoms with Gasteiger partial charge in [0.1, 0.15) is 6.61 Å². The molecule has 0 aliphatic rings. The van der Waals surface area contributed by atoms with Crippen LogP contribution in [0, 0.1) is 0 Å². The zero-order chi connectivity index (χ0) is 11.6. The van der Waals surface area contributed by atoms with Gasteiger partial charge < -0.3 is 24.2 Å². The molecule has 0 saturated carbocycles. The summed E-state index contributed by atoms with van der Waals surface area (Å²) in [6.45, 7) is 3.95. The van der Waals surface area contributed by atoms with Gasteiger partial charge in [0.2, 0.25) is 0 Å². The molecule has 0 amide bonds. The summed E-state index contributed by atoms with van der Waals surface area (Å²) in [5, 5.41) is 0. The second-order valence-corrected chi connectivity index (χ2v) is 2.90. The largest absolute Gasteiger partial charge is 0.466 e. The van der Waals surface area contributed by atoms with Crippen molar-refractivity contribution < 1.29 is 33.5 Å². The van der Waals surface area contributed by atoms with Crippen LogP contribution in [0.1, 0.15) is 0 Å². The van der Waals surface area contributed by atoms with Crippen molar-refractivity contribution in [2.24, 2.45) is 0 Å². The van der Waals surface area contributed by atoms with Gasteiger partial charge in [0, 0.05) is 13.2 Å². The summed E-state index contributed by atoms with van der Waals surface area (Å²) >= 11 is 0. The lowest BCUT2D eigenvalue weighted by Gasteiger charge is -1.98. The maximum atomic E-state index is 10.3. The minimum Gasteiger partial charge on any atom is -0.460 e. The fourth-order valence-corrected chi connectivity index (χ4v) is 0.285. The summed E-state index contributed by atoms with van der Waals surface area (Å²) in [5.41, 5.74) is 0. The van der Waals surface area contributed by atoms with Crippen molar-refractivity contribution >= 4 is 13.8 Å². The maximum Gasteiger partial charge on any atom is 0.466 e. The second-order valence-electron chi connectivity index (χ2n) is 1.88. The summed E-state index contributed by atoms with van der Waals surface area (Å²) < 4.78 is 18.1. The van der Waals surface area contributed by atoms with E-state index in [1.54, 1.807) is 7.11 Å². The fourth-order valence-electron chi connectivity index (χ4n) is 0.285. The van der Waals surface area contributed by atoms with Gasteiger partial charge in [0.15, 0.2) is 0 Å². The molecular formula is C6H13O7P. The molecule has 0 fully saturated rings. The van der Waals surface area contributed by atoms with Gasteiger partial charge in [-0.05, 0) is 0 Å². The molecular weight excluding hydrogens is 215 g/mol. The van der Waals surface area contributed by atoms with E-state index in [0.29, 0.717) is 13.2 Å². The lowest BCUT2D eigenvalue weighted by Crippen LogP contribution is -2.06. The quantitative estimate of drug-likeness (QED) is 0.255. The smallest absolute Gasteiger partial charge is 0.460 e. The summed E-state index contributed by atoms with van der Waals surface area (Å²) in [4.78, 5) is 31.9. The van der Waals surface area contributed by atoms with E-state index in [4.69, 9.17) is 19.2 Å². The molecule has 0 aromatic rings. The molecule has 0 aromatic heterocycles. The van der Waals surface area contributed by atoms with E-state index >= 15 is 0 Å². The molecule has 0 saturated heterocycles. The number of hydrogen-bond acceptors (Lipinski definition) is 4. The third-order valence-electron chi connectivity index (χ3n) is 0.698. The predicted molar refractivity (Wildman–Crippen MR) is 47.3 cm³/mol. The molecule has 14 heavy (non-hydrogen) atoms. The lowest BCUT2D eigenvalue weighted by molar-refractivity contribution is -0.138. The van der Waals surface area contributed by atoms with Gasteiger partial charge >= 0.3 is 13.8 Å². The Morgan fingerprint density at radius 2 is 1.86 bits per heavy atom. The molecule has 84 valence electrons. The van der Waals surface area contributed by atoms with Crippen LogP contribution in [-0.2, 0) is 18.8 Å². The molecule has 0 spiro atoms. The molecule has 0 heterocycles. The van der Waals surface area contributed by atoms with Crippen LogP contribution in [-0.4, -0.2) is 41.0 Å². The molecule has 0 bridgehead atoms. The summed E-state index contributed by atoms with van der Waals surface area (Å²) in [6.07, 6.45) is 1.12. The number of carbonyl (C=O) groups excluding carboxylic acids is 1. The Balaban J connectivity index is 0. The summed E-state index contributed by atoms with van der Waals surface area (Å²) in [5.74, 6) is -0.410. The van der Waals surface area contributed by atoms with Crippen LogP contribution in [0.4, 0.5) is 0 Å². The standard InChI is InChI=1S/C6H10O3.H3O4P/c1-3-6(7)9-5-4-8-2;1-5(2,3)4/h3H,1,4-5H2,2H3;(H3,1,2,3,4). The molecule has 0 aliphatic heterocycles. The second kappa shape index (κ2) is 8.86. The van der Waals surface area contributed by atoms with E-state index in [-0.39, 0.29) is 0 Å². The van der Waals surface area contributed by atoms with Crippen LogP contribution in [0.15, 0.2) is 12.7 Å². The molecule has 0 atom stereocenters. The minimum atomic E-state index is -4.64. The van der Waals surface area contributed by atoms with Crippen molar-refractivity contribution in [3.63, 3.8) is 0 Å². The van der Waals surface area contributed by atoms with Gasteiger partial charge in [-0.1, -0.05) is 6.58 Å². The molecule has 0 unspecified atom stereocenters. The van der Waals surface area contributed by atoms with E-state index < -0.39 is 13.8 Å². The number of rotatable bonds is 4. The monoisotopic (exact) mass is 228 g/mol. The zero-order valence-corrected chi connectivity index (χ0v) is 8.51. The molecule has 0 aromatic carbocycles. The minimum absolute atomic E-state index is 0.293. The summed E-state index contributed by atoms with van der Waals surface area (Å²) in [7, 11) is -3.10. The highest BCUT2D eigenvalue weighted by Gasteiger charge is 2.00. The van der Waals surface area contributed by atoms with Crippen molar-refractivity contribution in [2.75, 3.05) is 20.3 Å². The number of phosphoric acid groups is 1. The average molecular weight is 228 g/mol. The van der Waals surface area contributed by atoms with Crippen molar-refractivity contribution in [1.82, 2.24) is 0 Å². The van der Waals surface area contributed by atoms with E-state index in [1.165, 1.54) is 0 Å². The van der Waals surface area contributed by atoms with Crippen LogP contribution >= 0.6 is 7.82 Å². The summed E-state index contributed by atoms with van der Waals surface area (Å²) in [6, 6.07) is 0. The Morgan fingerprint density at radius 3 is 2.14 bits per heavy atom. The van der Waals surface area contributed by atoms with Crippen molar-refractivity contribution in [1.29, 1.82) is 0 Å². The fraction of sp³-hybridized carbons (Fsp3) is 0.500. The number of methoxy groups -OCH3 is 1. The number of esters is 1. The average Bonchev–Trinajstić information content (AvgIpc) is 2.01. The Bertz CT molecular complexity index is 200. The molecule has 0 rings (SSSR count). The zero-order valence-electron chi connectivity index (χ0n) is 7.62. The van der Waals surface area contributed by atoms with Crippen molar-refractivity contribution in [2.45, 2.75) is 0 Å². The van der Waals surface area contributed by atoms with Crippen LogP contribution < -0.4 is 0 Å². The van der Waals surface area contributed by atoms with Crippen molar-refractivity contribution in [3.8, 4) is 0 Å². The third kappa shape index (κ3) is 30.2. The highest BCUT2D eigenvalue weighted by atomic mass is 31.2. The Morgan fingerprint density at radius 1 is 1.43 bits per heavy atom. The lowest BCUT2D eigenvalue weighted by atomic mass is 10.6. The van der Waals surface area contributed by atoms with Gasteiger partial charge in [-0.25, -0.2) is 9.36 Å². The molecule has 0 aliphatic carbocycles. The first-order valence-electron chi connectivity index (χ1n) is 3.37. The first-order chi connectivity index (χ1) is 6.31. The Hall–Kier alpha value is -0.720. The normalized spacial score (nSPS) is 9.71.